The number of sulfone groups is 1. The Morgan fingerprint density at radius 1 is 0.958 bits per heavy atom. The minimum atomic E-state index is -3.33. The molecule has 0 fully saturated rings. The number of nitrogens with one attached hydrogen (secondary N) is 2. The van der Waals surface area contributed by atoms with Crippen molar-refractivity contribution in [3.63, 3.8) is 0 Å². The van der Waals surface area contributed by atoms with Crippen molar-refractivity contribution in [2.24, 2.45) is 0 Å². The molecule has 0 atom stereocenters. The number of carbonyl (C=O) groups is 2. The van der Waals surface area contributed by atoms with Crippen molar-refractivity contribution in [3.8, 4) is 0 Å². The van der Waals surface area contributed by atoms with Gasteiger partial charge >= 0.3 is 0 Å². The first kappa shape index (κ1) is 18.0. The molecule has 0 bridgehead atoms. The third-order valence-corrected chi connectivity index (χ3v) is 4.71. The molecule has 2 amide bonds. The van der Waals surface area contributed by atoms with Crippen LogP contribution in [0.15, 0.2) is 47.4 Å². The van der Waals surface area contributed by atoms with Crippen LogP contribution in [0.4, 0.5) is 5.69 Å². The number of amides is 2. The lowest BCUT2D eigenvalue weighted by Gasteiger charge is -2.09. The van der Waals surface area contributed by atoms with E-state index in [0.717, 1.165) is 6.26 Å². The maximum absolute atomic E-state index is 12.3. The Bertz CT molecular complexity index is 893. The van der Waals surface area contributed by atoms with Crippen molar-refractivity contribution in [2.45, 2.75) is 4.90 Å². The second-order valence-electron chi connectivity index (χ2n) is 5.02. The van der Waals surface area contributed by atoms with Crippen molar-refractivity contribution >= 4 is 38.9 Å². The lowest BCUT2D eigenvalue weighted by Crippen LogP contribution is -2.18. The summed E-state index contributed by atoms with van der Waals surface area (Å²) in [5.41, 5.74) is 0.906. The number of carbonyl (C=O) groups excluding carboxylic acids is 2. The van der Waals surface area contributed by atoms with Gasteiger partial charge in [0.1, 0.15) is 0 Å². The molecule has 0 unspecified atom stereocenters. The van der Waals surface area contributed by atoms with Gasteiger partial charge in [0, 0.05) is 24.4 Å². The fourth-order valence-corrected chi connectivity index (χ4v) is 2.75. The summed E-state index contributed by atoms with van der Waals surface area (Å²) in [4.78, 5) is 24.0. The fraction of sp³-hybridized carbons (Fsp3) is 0.125. The zero-order chi connectivity index (χ0) is 17.9. The van der Waals surface area contributed by atoms with Gasteiger partial charge in [-0.3, -0.25) is 9.59 Å². The summed E-state index contributed by atoms with van der Waals surface area (Å²) < 4.78 is 22.8. The molecule has 24 heavy (non-hydrogen) atoms. The second-order valence-corrected chi connectivity index (χ2v) is 7.45. The first-order valence-corrected chi connectivity index (χ1v) is 9.12. The molecule has 6 nitrogen and oxygen atoms in total. The van der Waals surface area contributed by atoms with Crippen LogP contribution in [0.1, 0.15) is 20.7 Å². The van der Waals surface area contributed by atoms with E-state index in [-0.39, 0.29) is 27.1 Å². The molecule has 8 heteroatoms. The number of hydrogen-bond acceptors (Lipinski definition) is 4. The molecule has 0 saturated heterocycles. The van der Waals surface area contributed by atoms with Crippen molar-refractivity contribution < 1.29 is 18.0 Å². The average Bonchev–Trinajstić information content (AvgIpc) is 2.55. The normalized spacial score (nSPS) is 11.0. The maximum Gasteiger partial charge on any atom is 0.255 e. The van der Waals surface area contributed by atoms with Crippen LogP contribution in [0.5, 0.6) is 0 Å². The number of halogens is 1. The highest BCUT2D eigenvalue weighted by Crippen LogP contribution is 2.24. The van der Waals surface area contributed by atoms with E-state index in [0.29, 0.717) is 5.56 Å². The summed E-state index contributed by atoms with van der Waals surface area (Å²) >= 11 is 6.03. The molecule has 0 heterocycles. The van der Waals surface area contributed by atoms with E-state index in [1.165, 1.54) is 49.5 Å². The predicted molar refractivity (Wildman–Crippen MR) is 92.3 cm³/mol. The molecule has 0 aliphatic carbocycles. The Kier molecular flexibility index (Phi) is 5.26. The van der Waals surface area contributed by atoms with Gasteiger partial charge in [0.15, 0.2) is 9.84 Å². The Labute approximate surface area is 144 Å². The summed E-state index contributed by atoms with van der Waals surface area (Å²) in [6, 6.07) is 10.0. The van der Waals surface area contributed by atoms with E-state index in [1.54, 1.807) is 0 Å². The van der Waals surface area contributed by atoms with Gasteiger partial charge in [-0.1, -0.05) is 11.6 Å². The van der Waals surface area contributed by atoms with E-state index in [2.05, 4.69) is 10.6 Å². The van der Waals surface area contributed by atoms with Gasteiger partial charge in [0.2, 0.25) is 0 Å². The Morgan fingerprint density at radius 3 is 2.08 bits per heavy atom. The van der Waals surface area contributed by atoms with Crippen LogP contribution < -0.4 is 10.6 Å². The lowest BCUT2D eigenvalue weighted by molar-refractivity contribution is 0.0961. The van der Waals surface area contributed by atoms with Gasteiger partial charge in [0.25, 0.3) is 11.8 Å². The largest absolute Gasteiger partial charge is 0.355 e. The summed E-state index contributed by atoms with van der Waals surface area (Å²) in [5.74, 6) is -0.773. The van der Waals surface area contributed by atoms with Gasteiger partial charge in [0.05, 0.1) is 15.6 Å². The van der Waals surface area contributed by atoms with Gasteiger partial charge < -0.3 is 10.6 Å². The standard InChI is InChI=1S/C16H15ClN2O4S/c1-18-15(20)11-5-8-13(17)14(9-11)19-16(21)10-3-6-12(7-4-10)24(2,22)23/h3-9H,1-2H3,(H,18,20)(H,19,21). The van der Waals surface area contributed by atoms with Crippen molar-refractivity contribution in [2.75, 3.05) is 18.6 Å². The van der Waals surface area contributed by atoms with E-state index < -0.39 is 15.7 Å². The zero-order valence-corrected chi connectivity index (χ0v) is 14.5. The number of benzene rings is 2. The van der Waals surface area contributed by atoms with Crippen LogP contribution in [0.2, 0.25) is 5.02 Å². The highest BCUT2D eigenvalue weighted by Gasteiger charge is 2.13. The van der Waals surface area contributed by atoms with Crippen LogP contribution in [0, 0.1) is 0 Å². The molecule has 0 spiro atoms. The fourth-order valence-electron chi connectivity index (χ4n) is 1.95. The molecule has 126 valence electrons. The van der Waals surface area contributed by atoms with Gasteiger partial charge in [-0.05, 0) is 42.5 Å². The molecular formula is C16H15ClN2O4S. The first-order chi connectivity index (χ1) is 11.2. The van der Waals surface area contributed by atoms with Gasteiger partial charge in [-0.25, -0.2) is 8.42 Å². The summed E-state index contributed by atoms with van der Waals surface area (Å²) in [7, 11) is -1.83. The monoisotopic (exact) mass is 366 g/mol. The van der Waals surface area contributed by atoms with Crippen molar-refractivity contribution in [1.29, 1.82) is 0 Å². The van der Waals surface area contributed by atoms with Crippen molar-refractivity contribution in [1.82, 2.24) is 5.32 Å². The van der Waals surface area contributed by atoms with Gasteiger partial charge in [-0.15, -0.1) is 0 Å². The lowest BCUT2D eigenvalue weighted by atomic mass is 10.1. The number of anilines is 1. The Balaban J connectivity index is 2.25. The highest BCUT2D eigenvalue weighted by atomic mass is 35.5. The van der Waals surface area contributed by atoms with E-state index in [4.69, 9.17) is 11.6 Å². The second kappa shape index (κ2) is 7.02. The molecule has 0 saturated carbocycles. The first-order valence-electron chi connectivity index (χ1n) is 6.85. The van der Waals surface area contributed by atoms with Gasteiger partial charge in [-0.2, -0.15) is 0 Å². The molecule has 0 radical (unpaired) electrons. The minimum Gasteiger partial charge on any atom is -0.355 e. The van der Waals surface area contributed by atoms with E-state index in [9.17, 15) is 18.0 Å². The van der Waals surface area contributed by atoms with E-state index >= 15 is 0 Å². The Hall–Kier alpha value is -2.38. The Morgan fingerprint density at radius 2 is 1.54 bits per heavy atom. The third kappa shape index (κ3) is 4.12. The maximum atomic E-state index is 12.3. The average molecular weight is 367 g/mol. The smallest absolute Gasteiger partial charge is 0.255 e. The summed E-state index contributed by atoms with van der Waals surface area (Å²) in [5, 5.41) is 5.37. The van der Waals surface area contributed by atoms with Crippen molar-refractivity contribution in [3.05, 3.63) is 58.6 Å². The van der Waals surface area contributed by atoms with Crippen LogP contribution in [0.3, 0.4) is 0 Å². The third-order valence-electron chi connectivity index (χ3n) is 3.25. The minimum absolute atomic E-state index is 0.124. The molecule has 2 aromatic rings. The molecular weight excluding hydrogens is 352 g/mol. The summed E-state index contributed by atoms with van der Waals surface area (Å²) in [6.07, 6.45) is 1.09. The highest BCUT2D eigenvalue weighted by molar-refractivity contribution is 7.90. The molecule has 2 aromatic carbocycles. The van der Waals surface area contributed by atoms with Crippen LogP contribution in [-0.2, 0) is 9.84 Å². The SMILES string of the molecule is CNC(=O)c1ccc(Cl)c(NC(=O)c2ccc(S(C)(=O)=O)cc2)c1. The molecule has 0 aromatic heterocycles. The summed E-state index contributed by atoms with van der Waals surface area (Å²) in [6.45, 7) is 0. The molecule has 2 rings (SSSR count). The van der Waals surface area contributed by atoms with Crippen LogP contribution >= 0.6 is 11.6 Å². The van der Waals surface area contributed by atoms with E-state index in [1.807, 2.05) is 0 Å². The predicted octanol–water partition coefficient (Wildman–Crippen LogP) is 2.36. The molecule has 2 N–H and O–H groups in total. The topological polar surface area (TPSA) is 92.3 Å². The number of hydrogen-bond donors (Lipinski definition) is 2. The van der Waals surface area contributed by atoms with Crippen LogP contribution in [-0.4, -0.2) is 33.5 Å². The molecule has 0 aliphatic rings. The zero-order valence-electron chi connectivity index (χ0n) is 13.0. The quantitative estimate of drug-likeness (QED) is 0.868. The number of rotatable bonds is 4. The van der Waals surface area contributed by atoms with Crippen LogP contribution in [0.25, 0.3) is 0 Å². The molecule has 0 aliphatic heterocycles.